The third kappa shape index (κ3) is 1.62. The van der Waals surface area contributed by atoms with E-state index in [9.17, 15) is 0 Å². The van der Waals surface area contributed by atoms with Gasteiger partial charge >= 0.3 is 0 Å². The Labute approximate surface area is 85.3 Å². The van der Waals surface area contributed by atoms with Crippen molar-refractivity contribution in [3.63, 3.8) is 0 Å². The fourth-order valence-electron chi connectivity index (χ4n) is 2.21. The third-order valence-electron chi connectivity index (χ3n) is 2.88. The van der Waals surface area contributed by atoms with Crippen molar-refractivity contribution in [3.05, 3.63) is 29.3 Å². The molecule has 0 fully saturated rings. The molecule has 0 radical (unpaired) electrons. The van der Waals surface area contributed by atoms with E-state index in [-0.39, 0.29) is 0 Å². The van der Waals surface area contributed by atoms with E-state index < -0.39 is 0 Å². The molecule has 0 saturated heterocycles. The molecule has 2 atom stereocenters. The maximum atomic E-state index is 5.23. The van der Waals surface area contributed by atoms with Crippen molar-refractivity contribution in [2.75, 3.05) is 7.11 Å². The van der Waals surface area contributed by atoms with Crippen LogP contribution < -0.4 is 10.1 Å². The molecule has 1 aliphatic rings. The van der Waals surface area contributed by atoms with Crippen LogP contribution in [0.15, 0.2) is 18.2 Å². The van der Waals surface area contributed by atoms with Crippen LogP contribution in [0.25, 0.3) is 0 Å². The summed E-state index contributed by atoms with van der Waals surface area (Å²) in [7, 11) is 1.72. The molecule has 2 rings (SSSR count). The summed E-state index contributed by atoms with van der Waals surface area (Å²) in [6.07, 6.45) is 1.09. The van der Waals surface area contributed by atoms with E-state index in [0.29, 0.717) is 12.1 Å². The number of fused-ring (bicyclic) bond motifs is 1. The molecule has 0 bridgehead atoms. The van der Waals surface area contributed by atoms with Crippen molar-refractivity contribution in [3.8, 4) is 5.75 Å². The van der Waals surface area contributed by atoms with E-state index in [4.69, 9.17) is 4.74 Å². The highest BCUT2D eigenvalue weighted by Gasteiger charge is 2.20. The van der Waals surface area contributed by atoms with Crippen molar-refractivity contribution in [2.45, 2.75) is 32.4 Å². The lowest BCUT2D eigenvalue weighted by molar-refractivity contribution is 0.408. The average Bonchev–Trinajstić information content (AvgIpc) is 2.16. The van der Waals surface area contributed by atoms with E-state index >= 15 is 0 Å². The predicted octanol–water partition coefficient (Wildman–Crippen LogP) is 2.29. The highest BCUT2D eigenvalue weighted by molar-refractivity contribution is 5.39. The molecular formula is C12H17NO. The van der Waals surface area contributed by atoms with Crippen LogP contribution in [0.2, 0.25) is 0 Å². The van der Waals surface area contributed by atoms with Crippen molar-refractivity contribution in [1.29, 1.82) is 0 Å². The number of nitrogens with one attached hydrogen (secondary N) is 1. The first kappa shape index (κ1) is 9.53. The van der Waals surface area contributed by atoms with Crippen LogP contribution in [0, 0.1) is 0 Å². The standard InChI is InChI=1S/C12H17NO/c1-8-6-10-7-11(14-3)4-5-12(10)9(2)13-8/h4-5,7-9,13H,6H2,1-3H3/t8-,9+/m0/s1. The van der Waals surface area contributed by atoms with Crippen LogP contribution in [0.1, 0.15) is 31.0 Å². The Kier molecular flexibility index (Phi) is 2.46. The zero-order valence-electron chi connectivity index (χ0n) is 9.00. The molecule has 0 spiro atoms. The molecule has 0 amide bonds. The van der Waals surface area contributed by atoms with E-state index in [2.05, 4.69) is 31.3 Å². The van der Waals surface area contributed by atoms with Gasteiger partial charge in [-0.15, -0.1) is 0 Å². The van der Waals surface area contributed by atoms with Gasteiger partial charge < -0.3 is 10.1 Å². The summed E-state index contributed by atoms with van der Waals surface area (Å²) in [6.45, 7) is 4.43. The van der Waals surface area contributed by atoms with Gasteiger partial charge in [0.1, 0.15) is 5.75 Å². The first-order valence-corrected chi connectivity index (χ1v) is 5.13. The van der Waals surface area contributed by atoms with Crippen molar-refractivity contribution in [2.24, 2.45) is 0 Å². The molecule has 1 N–H and O–H groups in total. The second-order valence-electron chi connectivity index (χ2n) is 4.06. The zero-order chi connectivity index (χ0) is 10.1. The van der Waals surface area contributed by atoms with Crippen molar-refractivity contribution in [1.82, 2.24) is 5.32 Å². The van der Waals surface area contributed by atoms with E-state index in [1.165, 1.54) is 11.1 Å². The Bertz CT molecular complexity index is 335. The van der Waals surface area contributed by atoms with Gasteiger partial charge in [0.2, 0.25) is 0 Å². The zero-order valence-corrected chi connectivity index (χ0v) is 9.00. The largest absolute Gasteiger partial charge is 0.497 e. The van der Waals surface area contributed by atoms with Gasteiger partial charge in [-0.1, -0.05) is 6.07 Å². The molecule has 14 heavy (non-hydrogen) atoms. The summed E-state index contributed by atoms with van der Waals surface area (Å²) < 4.78 is 5.23. The van der Waals surface area contributed by atoms with E-state index in [1.807, 2.05) is 6.07 Å². The summed E-state index contributed by atoms with van der Waals surface area (Å²) in [5.41, 5.74) is 2.83. The highest BCUT2D eigenvalue weighted by Crippen LogP contribution is 2.28. The lowest BCUT2D eigenvalue weighted by Gasteiger charge is -2.29. The normalized spacial score (nSPS) is 25.6. The average molecular weight is 191 g/mol. The molecule has 0 aromatic heterocycles. The Balaban J connectivity index is 2.39. The smallest absolute Gasteiger partial charge is 0.119 e. The minimum atomic E-state index is 0.458. The maximum Gasteiger partial charge on any atom is 0.119 e. The Morgan fingerprint density at radius 1 is 1.36 bits per heavy atom. The number of hydrogen-bond donors (Lipinski definition) is 1. The second-order valence-corrected chi connectivity index (χ2v) is 4.06. The summed E-state index contributed by atoms with van der Waals surface area (Å²) >= 11 is 0. The molecule has 2 nitrogen and oxygen atoms in total. The molecular weight excluding hydrogens is 174 g/mol. The van der Waals surface area contributed by atoms with Gasteiger partial charge in [0.05, 0.1) is 7.11 Å². The van der Waals surface area contributed by atoms with Crippen molar-refractivity contribution >= 4 is 0 Å². The van der Waals surface area contributed by atoms with Gasteiger partial charge in [-0.3, -0.25) is 0 Å². The number of rotatable bonds is 1. The van der Waals surface area contributed by atoms with Crippen LogP contribution in [0.3, 0.4) is 0 Å². The second kappa shape index (κ2) is 3.62. The number of ether oxygens (including phenoxy) is 1. The fraction of sp³-hybridized carbons (Fsp3) is 0.500. The molecule has 1 aliphatic heterocycles. The van der Waals surface area contributed by atoms with Gasteiger partial charge in [0, 0.05) is 12.1 Å². The monoisotopic (exact) mass is 191 g/mol. The van der Waals surface area contributed by atoms with Crippen LogP contribution in [-0.4, -0.2) is 13.2 Å². The maximum absolute atomic E-state index is 5.23. The Morgan fingerprint density at radius 3 is 2.86 bits per heavy atom. The number of methoxy groups -OCH3 is 1. The summed E-state index contributed by atoms with van der Waals surface area (Å²) in [6, 6.07) is 7.37. The number of benzene rings is 1. The highest BCUT2D eigenvalue weighted by atomic mass is 16.5. The lowest BCUT2D eigenvalue weighted by atomic mass is 9.91. The van der Waals surface area contributed by atoms with E-state index in [0.717, 1.165) is 12.2 Å². The van der Waals surface area contributed by atoms with Crippen molar-refractivity contribution < 1.29 is 4.74 Å². The molecule has 1 aromatic carbocycles. The minimum absolute atomic E-state index is 0.458. The molecule has 0 unspecified atom stereocenters. The van der Waals surface area contributed by atoms with E-state index in [1.54, 1.807) is 7.11 Å². The molecule has 1 aromatic rings. The SMILES string of the molecule is COc1ccc2c(c1)C[C@H](C)N[C@@H]2C. The van der Waals surface area contributed by atoms with Crippen LogP contribution in [0.5, 0.6) is 5.75 Å². The summed E-state index contributed by atoms with van der Waals surface area (Å²) in [4.78, 5) is 0. The van der Waals surface area contributed by atoms with Crippen LogP contribution in [-0.2, 0) is 6.42 Å². The van der Waals surface area contributed by atoms with Gasteiger partial charge in [0.15, 0.2) is 0 Å². The summed E-state index contributed by atoms with van der Waals surface area (Å²) in [5.74, 6) is 0.963. The lowest BCUT2D eigenvalue weighted by Crippen LogP contribution is -2.35. The molecule has 2 heteroatoms. The number of hydrogen-bond acceptors (Lipinski definition) is 2. The summed E-state index contributed by atoms with van der Waals surface area (Å²) in [5, 5.41) is 3.53. The first-order chi connectivity index (χ1) is 6.70. The fourth-order valence-corrected chi connectivity index (χ4v) is 2.21. The first-order valence-electron chi connectivity index (χ1n) is 5.13. The molecule has 1 heterocycles. The van der Waals surface area contributed by atoms with Gasteiger partial charge in [-0.2, -0.15) is 0 Å². The molecule has 76 valence electrons. The molecule has 0 aliphatic carbocycles. The quantitative estimate of drug-likeness (QED) is 0.735. The van der Waals surface area contributed by atoms with Gasteiger partial charge in [-0.05, 0) is 43.5 Å². The molecule has 0 saturated carbocycles. The Hall–Kier alpha value is -1.02. The Morgan fingerprint density at radius 2 is 2.14 bits per heavy atom. The minimum Gasteiger partial charge on any atom is -0.497 e. The van der Waals surface area contributed by atoms with Crippen LogP contribution in [0.4, 0.5) is 0 Å². The van der Waals surface area contributed by atoms with Gasteiger partial charge in [-0.25, -0.2) is 0 Å². The predicted molar refractivity (Wildman–Crippen MR) is 57.7 cm³/mol. The topological polar surface area (TPSA) is 21.3 Å². The van der Waals surface area contributed by atoms with Gasteiger partial charge in [0.25, 0.3) is 0 Å². The van der Waals surface area contributed by atoms with Crippen LogP contribution >= 0.6 is 0 Å². The third-order valence-corrected chi connectivity index (χ3v) is 2.88.